The number of halogens is 1. The molecule has 2 amide bonds. The third kappa shape index (κ3) is 4.65. The van der Waals surface area contributed by atoms with Gasteiger partial charge in [-0.25, -0.2) is 8.42 Å². The van der Waals surface area contributed by atoms with Gasteiger partial charge in [0.05, 0.1) is 11.4 Å². The van der Waals surface area contributed by atoms with Crippen molar-refractivity contribution in [1.82, 2.24) is 19.4 Å². The second kappa shape index (κ2) is 9.21. The highest BCUT2D eigenvalue weighted by Gasteiger charge is 2.35. The van der Waals surface area contributed by atoms with Gasteiger partial charge in [0.2, 0.25) is 15.9 Å². The van der Waals surface area contributed by atoms with E-state index >= 15 is 0 Å². The van der Waals surface area contributed by atoms with Gasteiger partial charge >= 0.3 is 0 Å². The summed E-state index contributed by atoms with van der Waals surface area (Å²) in [7, 11) is -0.357. The lowest BCUT2D eigenvalue weighted by molar-refractivity contribution is -0.135. The molecule has 0 aliphatic carbocycles. The Labute approximate surface area is 172 Å². The Balaban J connectivity index is 0.00000280. The number of benzene rings is 1. The summed E-state index contributed by atoms with van der Waals surface area (Å²) in [5.74, 6) is -0.147. The quantitative estimate of drug-likeness (QED) is 0.746. The zero-order valence-corrected chi connectivity index (χ0v) is 17.8. The maximum absolute atomic E-state index is 13.0. The zero-order chi connectivity index (χ0) is 19.6. The van der Waals surface area contributed by atoms with Crippen molar-refractivity contribution >= 4 is 34.2 Å². The molecule has 2 aliphatic heterocycles. The van der Waals surface area contributed by atoms with Crippen LogP contribution in [-0.2, 0) is 14.8 Å². The van der Waals surface area contributed by atoms with Crippen LogP contribution in [0.3, 0.4) is 0 Å². The zero-order valence-electron chi connectivity index (χ0n) is 16.1. The number of carbonyl (C=O) groups excluding carboxylic acids is 2. The Morgan fingerprint density at radius 3 is 2.46 bits per heavy atom. The predicted molar refractivity (Wildman–Crippen MR) is 108 cm³/mol. The molecular formula is C18H27ClN4O4S. The molecule has 3 rings (SSSR count). The SMILES string of the molecule is CN(C)C(=O)c1ccc(S(=O)(=O)N2CCCC(N3CCNCC3=O)C2)cc1.Cl. The smallest absolute Gasteiger partial charge is 0.253 e. The van der Waals surface area contributed by atoms with Crippen molar-refractivity contribution in [2.75, 3.05) is 46.8 Å². The van der Waals surface area contributed by atoms with E-state index in [1.54, 1.807) is 19.0 Å². The maximum Gasteiger partial charge on any atom is 0.253 e. The minimum atomic E-state index is -3.66. The molecular weight excluding hydrogens is 404 g/mol. The number of piperidine rings is 1. The Kier molecular flexibility index (Phi) is 7.44. The van der Waals surface area contributed by atoms with Gasteiger partial charge < -0.3 is 15.1 Å². The van der Waals surface area contributed by atoms with Gasteiger partial charge in [-0.15, -0.1) is 12.4 Å². The summed E-state index contributed by atoms with van der Waals surface area (Å²) < 4.78 is 27.5. The van der Waals surface area contributed by atoms with Gasteiger partial charge in [0.1, 0.15) is 0 Å². The summed E-state index contributed by atoms with van der Waals surface area (Å²) in [6, 6.07) is 5.95. The molecule has 2 saturated heterocycles. The molecule has 1 aromatic rings. The molecule has 0 radical (unpaired) electrons. The second-order valence-electron chi connectivity index (χ2n) is 7.15. The first-order chi connectivity index (χ1) is 12.8. The molecule has 1 aromatic carbocycles. The number of amides is 2. The molecule has 8 nitrogen and oxygen atoms in total. The number of nitrogens with one attached hydrogen (secondary N) is 1. The summed E-state index contributed by atoms with van der Waals surface area (Å²) in [5.41, 5.74) is 0.446. The van der Waals surface area contributed by atoms with Crippen molar-refractivity contribution in [1.29, 1.82) is 0 Å². The summed E-state index contributed by atoms with van der Waals surface area (Å²) >= 11 is 0. The number of rotatable bonds is 4. The van der Waals surface area contributed by atoms with Crippen molar-refractivity contribution in [2.45, 2.75) is 23.8 Å². The van der Waals surface area contributed by atoms with Crippen LogP contribution in [0.4, 0.5) is 0 Å². The first-order valence-corrected chi connectivity index (χ1v) is 10.6. The van der Waals surface area contributed by atoms with Crippen LogP contribution in [0.5, 0.6) is 0 Å². The van der Waals surface area contributed by atoms with Crippen LogP contribution in [0.15, 0.2) is 29.2 Å². The minimum Gasteiger partial charge on any atom is -0.345 e. The summed E-state index contributed by atoms with van der Waals surface area (Å²) in [5, 5.41) is 3.04. The first kappa shape index (κ1) is 22.6. The molecule has 28 heavy (non-hydrogen) atoms. The fourth-order valence-electron chi connectivity index (χ4n) is 3.58. The number of piperazine rings is 1. The topological polar surface area (TPSA) is 90.0 Å². The Hall–Kier alpha value is -1.68. The molecule has 0 saturated carbocycles. The Morgan fingerprint density at radius 2 is 1.86 bits per heavy atom. The van der Waals surface area contributed by atoms with E-state index in [1.807, 2.05) is 0 Å². The lowest BCUT2D eigenvalue weighted by atomic mass is 10.1. The molecule has 0 aromatic heterocycles. The minimum absolute atomic E-state index is 0. The highest BCUT2D eigenvalue weighted by atomic mass is 35.5. The lowest BCUT2D eigenvalue weighted by Gasteiger charge is -2.40. The van der Waals surface area contributed by atoms with Gasteiger partial charge in [0.15, 0.2) is 0 Å². The number of hydrogen-bond acceptors (Lipinski definition) is 5. The van der Waals surface area contributed by atoms with E-state index in [-0.39, 0.29) is 35.2 Å². The molecule has 0 bridgehead atoms. The third-order valence-electron chi connectivity index (χ3n) is 5.07. The van der Waals surface area contributed by atoms with Crippen LogP contribution in [0, 0.1) is 0 Å². The second-order valence-corrected chi connectivity index (χ2v) is 9.08. The lowest BCUT2D eigenvalue weighted by Crippen LogP contribution is -2.57. The van der Waals surface area contributed by atoms with Crippen molar-refractivity contribution in [2.24, 2.45) is 0 Å². The van der Waals surface area contributed by atoms with Gasteiger partial charge in [-0.1, -0.05) is 0 Å². The number of hydrogen-bond donors (Lipinski definition) is 1. The van der Waals surface area contributed by atoms with Gasteiger partial charge in [0.25, 0.3) is 5.91 Å². The maximum atomic E-state index is 13.0. The average Bonchev–Trinajstić information content (AvgIpc) is 2.68. The van der Waals surface area contributed by atoms with Crippen LogP contribution < -0.4 is 5.32 Å². The van der Waals surface area contributed by atoms with Crippen molar-refractivity contribution in [3.05, 3.63) is 29.8 Å². The molecule has 2 fully saturated rings. The summed E-state index contributed by atoms with van der Waals surface area (Å²) in [6.07, 6.45) is 1.53. The molecule has 10 heteroatoms. The Bertz CT molecular complexity index is 813. The highest BCUT2D eigenvalue weighted by molar-refractivity contribution is 7.89. The standard InChI is InChI=1S/C18H26N4O4S.ClH/c1-20(2)18(24)14-5-7-16(8-6-14)27(25,26)21-10-3-4-15(13-21)22-11-9-19-12-17(22)23;/h5-8,15,19H,3-4,9-13H2,1-2H3;1H. The van der Waals surface area contributed by atoms with Crippen molar-refractivity contribution in [3.63, 3.8) is 0 Å². The predicted octanol–water partition coefficient (Wildman–Crippen LogP) is 0.395. The van der Waals surface area contributed by atoms with Crippen molar-refractivity contribution in [3.8, 4) is 0 Å². The normalized spacial score (nSPS) is 21.1. The summed E-state index contributed by atoms with van der Waals surface area (Å²) in [6.45, 7) is 2.41. The molecule has 1 atom stereocenters. The van der Waals surface area contributed by atoms with E-state index in [0.717, 1.165) is 19.4 Å². The monoisotopic (exact) mass is 430 g/mol. The molecule has 156 valence electrons. The highest BCUT2D eigenvalue weighted by Crippen LogP contribution is 2.24. The molecule has 0 spiro atoms. The first-order valence-electron chi connectivity index (χ1n) is 9.13. The van der Waals surface area contributed by atoms with E-state index in [1.165, 1.54) is 33.5 Å². The van der Waals surface area contributed by atoms with Crippen LogP contribution in [0.1, 0.15) is 23.2 Å². The van der Waals surface area contributed by atoms with Crippen LogP contribution in [0.25, 0.3) is 0 Å². The molecule has 2 heterocycles. The molecule has 1 N–H and O–H groups in total. The van der Waals surface area contributed by atoms with Crippen LogP contribution >= 0.6 is 12.4 Å². The van der Waals surface area contributed by atoms with Crippen LogP contribution in [-0.4, -0.2) is 87.2 Å². The van der Waals surface area contributed by atoms with Gasteiger partial charge in [-0.05, 0) is 37.1 Å². The third-order valence-corrected chi connectivity index (χ3v) is 6.95. The summed E-state index contributed by atoms with van der Waals surface area (Å²) in [4.78, 5) is 27.5. The van der Waals surface area contributed by atoms with Gasteiger partial charge in [-0.3, -0.25) is 9.59 Å². The largest absolute Gasteiger partial charge is 0.345 e. The Morgan fingerprint density at radius 1 is 1.18 bits per heavy atom. The van der Waals surface area contributed by atoms with Crippen molar-refractivity contribution < 1.29 is 18.0 Å². The molecule has 2 aliphatic rings. The van der Waals surface area contributed by atoms with Gasteiger partial charge in [0, 0.05) is 51.9 Å². The van der Waals surface area contributed by atoms with Gasteiger partial charge in [-0.2, -0.15) is 4.31 Å². The van der Waals surface area contributed by atoms with E-state index in [2.05, 4.69) is 5.32 Å². The van der Waals surface area contributed by atoms with E-state index in [9.17, 15) is 18.0 Å². The number of sulfonamides is 1. The van der Waals surface area contributed by atoms with Crippen LogP contribution in [0.2, 0.25) is 0 Å². The van der Waals surface area contributed by atoms with E-state index in [4.69, 9.17) is 0 Å². The average molecular weight is 431 g/mol. The van der Waals surface area contributed by atoms with E-state index < -0.39 is 10.0 Å². The fourth-order valence-corrected chi connectivity index (χ4v) is 5.09. The number of nitrogens with zero attached hydrogens (tertiary/aromatic N) is 3. The molecule has 1 unspecified atom stereocenters. The number of carbonyl (C=O) groups is 2. The fraction of sp³-hybridized carbons (Fsp3) is 0.556. The van der Waals surface area contributed by atoms with E-state index in [0.29, 0.717) is 31.7 Å².